The van der Waals surface area contributed by atoms with Gasteiger partial charge in [-0.2, -0.15) is 0 Å². The highest BCUT2D eigenvalue weighted by molar-refractivity contribution is 5.31. The molecule has 0 unspecified atom stereocenters. The summed E-state index contributed by atoms with van der Waals surface area (Å²) in [6.07, 6.45) is 6.74. The molecule has 0 spiro atoms. The second kappa shape index (κ2) is 5.87. The van der Waals surface area contributed by atoms with Crippen LogP contribution in [-0.4, -0.2) is 10.6 Å². The fourth-order valence-corrected chi connectivity index (χ4v) is 1.78. The van der Waals surface area contributed by atoms with Crippen molar-refractivity contribution in [2.75, 3.05) is 0 Å². The third-order valence-electron chi connectivity index (χ3n) is 2.63. The third kappa shape index (κ3) is 4.74. The lowest BCUT2D eigenvalue weighted by molar-refractivity contribution is 0.131. The molecule has 2 nitrogen and oxygen atoms in total. The molecule has 0 N–H and O–H groups in total. The van der Waals surface area contributed by atoms with Crippen LogP contribution in [0.25, 0.3) is 0 Å². The number of pyridine rings is 1. The number of hydrogen-bond acceptors (Lipinski definition) is 2. The Morgan fingerprint density at radius 2 is 1.63 bits per heavy atom. The van der Waals surface area contributed by atoms with Crippen LogP contribution in [0.5, 0.6) is 5.75 Å². The molecule has 1 radical (unpaired) electrons. The van der Waals surface area contributed by atoms with Gasteiger partial charge < -0.3 is 4.74 Å². The van der Waals surface area contributed by atoms with Gasteiger partial charge in [0.25, 0.3) is 0 Å². The average molecular weight is 254 g/mol. The van der Waals surface area contributed by atoms with Gasteiger partial charge in [0.2, 0.25) is 0 Å². The fourth-order valence-electron chi connectivity index (χ4n) is 1.78. The predicted octanol–water partition coefficient (Wildman–Crippen LogP) is 4.05. The van der Waals surface area contributed by atoms with E-state index in [0.29, 0.717) is 0 Å². The molecule has 1 aromatic heterocycles. The summed E-state index contributed by atoms with van der Waals surface area (Å²) in [5, 5.41) is 0. The first kappa shape index (κ1) is 13.6. The van der Waals surface area contributed by atoms with E-state index >= 15 is 0 Å². The van der Waals surface area contributed by atoms with E-state index in [1.54, 1.807) is 0 Å². The Morgan fingerprint density at radius 1 is 1.00 bits per heavy atom. The molecule has 19 heavy (non-hydrogen) atoms. The molecular formula is C17H20NO. The number of hydrogen-bond donors (Lipinski definition) is 0. The lowest BCUT2D eigenvalue weighted by atomic mass is 10.1. The molecule has 0 atom stereocenters. The van der Waals surface area contributed by atoms with E-state index in [4.69, 9.17) is 4.74 Å². The molecule has 0 aliphatic heterocycles. The molecule has 0 saturated carbocycles. The van der Waals surface area contributed by atoms with E-state index in [-0.39, 0.29) is 5.60 Å². The van der Waals surface area contributed by atoms with Crippen LogP contribution in [0.3, 0.4) is 0 Å². The molecule has 2 rings (SSSR count). The van der Waals surface area contributed by atoms with Gasteiger partial charge in [-0.25, -0.2) is 0 Å². The minimum atomic E-state index is -0.148. The van der Waals surface area contributed by atoms with Crippen molar-refractivity contribution in [3.63, 3.8) is 0 Å². The summed E-state index contributed by atoms with van der Waals surface area (Å²) in [4.78, 5) is 4.01. The van der Waals surface area contributed by atoms with E-state index in [1.165, 1.54) is 11.1 Å². The molecule has 0 amide bonds. The Morgan fingerprint density at radius 3 is 2.21 bits per heavy atom. The zero-order valence-electron chi connectivity index (χ0n) is 11.8. The van der Waals surface area contributed by atoms with Gasteiger partial charge >= 0.3 is 0 Å². The van der Waals surface area contributed by atoms with Crippen LogP contribution < -0.4 is 4.74 Å². The SMILES string of the molecule is CC(C)(C)Oc1ccc(C[CH]c2ccncc2)cc1. The molecule has 0 aliphatic carbocycles. The van der Waals surface area contributed by atoms with Gasteiger partial charge in [-0.1, -0.05) is 12.1 Å². The standard InChI is InChI=1S/C17H20NO/c1-17(2,3)19-16-8-6-14(7-9-16)4-5-15-10-12-18-13-11-15/h5-13H,4H2,1-3H3. The van der Waals surface area contributed by atoms with E-state index in [1.807, 2.05) is 36.7 Å². The Labute approximate surface area is 115 Å². The minimum absolute atomic E-state index is 0.148. The van der Waals surface area contributed by atoms with Crippen molar-refractivity contribution in [2.24, 2.45) is 0 Å². The number of ether oxygens (including phenoxy) is 1. The largest absolute Gasteiger partial charge is 0.488 e. The molecule has 0 aliphatic rings. The summed E-state index contributed by atoms with van der Waals surface area (Å²) in [7, 11) is 0. The van der Waals surface area contributed by atoms with Crippen molar-refractivity contribution in [3.05, 3.63) is 66.3 Å². The maximum atomic E-state index is 5.80. The molecule has 1 aromatic carbocycles. The van der Waals surface area contributed by atoms with Gasteiger partial charge in [-0.05, 0) is 69.0 Å². The zero-order valence-corrected chi connectivity index (χ0v) is 11.8. The Balaban J connectivity index is 1.92. The second-order valence-electron chi connectivity index (χ2n) is 5.55. The summed E-state index contributed by atoms with van der Waals surface area (Å²) in [6, 6.07) is 12.3. The highest BCUT2D eigenvalue weighted by Gasteiger charge is 2.11. The third-order valence-corrected chi connectivity index (χ3v) is 2.63. The average Bonchev–Trinajstić information content (AvgIpc) is 2.37. The van der Waals surface area contributed by atoms with Crippen LogP contribution in [0.15, 0.2) is 48.8 Å². The van der Waals surface area contributed by atoms with E-state index in [0.717, 1.165) is 12.2 Å². The first-order valence-corrected chi connectivity index (χ1v) is 6.54. The molecule has 2 heteroatoms. The first-order valence-electron chi connectivity index (χ1n) is 6.54. The summed E-state index contributed by atoms with van der Waals surface area (Å²) < 4.78 is 5.80. The second-order valence-corrected chi connectivity index (χ2v) is 5.55. The summed E-state index contributed by atoms with van der Waals surface area (Å²) in [5.41, 5.74) is 2.33. The van der Waals surface area contributed by atoms with Gasteiger partial charge in [0.05, 0.1) is 0 Å². The van der Waals surface area contributed by atoms with Gasteiger partial charge in [0, 0.05) is 12.4 Å². The molecule has 0 saturated heterocycles. The van der Waals surface area contributed by atoms with Gasteiger partial charge in [0.15, 0.2) is 0 Å². The predicted molar refractivity (Wildman–Crippen MR) is 78.2 cm³/mol. The smallest absolute Gasteiger partial charge is 0.120 e. The Hall–Kier alpha value is -1.83. The lowest BCUT2D eigenvalue weighted by Crippen LogP contribution is -2.22. The normalized spacial score (nSPS) is 11.3. The quantitative estimate of drug-likeness (QED) is 0.821. The van der Waals surface area contributed by atoms with Crippen molar-refractivity contribution in [1.82, 2.24) is 4.98 Å². The van der Waals surface area contributed by atoms with E-state index in [2.05, 4.69) is 44.3 Å². The minimum Gasteiger partial charge on any atom is -0.488 e. The fraction of sp³-hybridized carbons (Fsp3) is 0.294. The number of rotatable bonds is 4. The molecule has 0 bridgehead atoms. The maximum absolute atomic E-state index is 5.80. The van der Waals surface area contributed by atoms with Crippen molar-refractivity contribution >= 4 is 0 Å². The van der Waals surface area contributed by atoms with E-state index in [9.17, 15) is 0 Å². The highest BCUT2D eigenvalue weighted by Crippen LogP contribution is 2.19. The van der Waals surface area contributed by atoms with Crippen LogP contribution in [0.2, 0.25) is 0 Å². The van der Waals surface area contributed by atoms with Gasteiger partial charge in [-0.3, -0.25) is 4.98 Å². The lowest BCUT2D eigenvalue weighted by Gasteiger charge is -2.21. The number of nitrogens with zero attached hydrogens (tertiary/aromatic N) is 1. The monoisotopic (exact) mass is 254 g/mol. The summed E-state index contributed by atoms with van der Waals surface area (Å²) >= 11 is 0. The molecule has 99 valence electrons. The molecule has 0 fully saturated rings. The summed E-state index contributed by atoms with van der Waals surface area (Å²) in [5.74, 6) is 0.917. The van der Waals surface area contributed by atoms with Crippen molar-refractivity contribution in [3.8, 4) is 5.75 Å². The van der Waals surface area contributed by atoms with Crippen LogP contribution >= 0.6 is 0 Å². The van der Waals surface area contributed by atoms with Crippen molar-refractivity contribution in [2.45, 2.75) is 32.8 Å². The zero-order chi connectivity index (χ0) is 13.7. The van der Waals surface area contributed by atoms with E-state index < -0.39 is 0 Å². The van der Waals surface area contributed by atoms with Crippen molar-refractivity contribution < 1.29 is 4.74 Å². The van der Waals surface area contributed by atoms with Crippen LogP contribution in [0, 0.1) is 6.42 Å². The maximum Gasteiger partial charge on any atom is 0.120 e. The summed E-state index contributed by atoms with van der Waals surface area (Å²) in [6.45, 7) is 6.16. The van der Waals surface area contributed by atoms with Crippen LogP contribution in [0.1, 0.15) is 31.9 Å². The first-order chi connectivity index (χ1) is 9.03. The van der Waals surface area contributed by atoms with Gasteiger partial charge in [-0.15, -0.1) is 0 Å². The van der Waals surface area contributed by atoms with Crippen LogP contribution in [0.4, 0.5) is 0 Å². The molecular weight excluding hydrogens is 234 g/mol. The molecule has 1 heterocycles. The van der Waals surface area contributed by atoms with Gasteiger partial charge in [0.1, 0.15) is 11.4 Å². The Bertz CT molecular complexity index is 497. The molecule has 2 aromatic rings. The topological polar surface area (TPSA) is 22.1 Å². The number of benzene rings is 1. The Kier molecular flexibility index (Phi) is 4.20. The number of aromatic nitrogens is 1. The van der Waals surface area contributed by atoms with Crippen molar-refractivity contribution in [1.29, 1.82) is 0 Å². The van der Waals surface area contributed by atoms with Crippen LogP contribution in [-0.2, 0) is 6.42 Å². The highest BCUT2D eigenvalue weighted by atomic mass is 16.5.